The standard InChI is InChI=1S/2C13H18N2O4S.2C13H18N2O2S.B/c1-8-10(12(15-18-8)9-4-5-9)7-20(16,17)11-6-13(2,3)19-14-11;1-8-10(12(18-14-8)9-4-5-9)7-20(16,17)11-6-13(2,3)19-15-11;1-8-10(12(15-16-8)9-4-5-9)7-18-11-6-13(2,3)17-14-11;1-8-10(12(16-14-8)9-4-5-9)7-18-11-6-13(2,3)17-15-11;/h2*9H,4-7H2,1-3H3;2*9H,4-7H2,1-3H3;. The van der Waals surface area contributed by atoms with E-state index in [1.807, 2.05) is 41.5 Å². The Hall–Kier alpha value is -4.62. The molecule has 0 N–H and O–H groups in total. The van der Waals surface area contributed by atoms with E-state index < -0.39 is 30.9 Å². The lowest BCUT2D eigenvalue weighted by atomic mass is 10.1. The largest absolute Gasteiger partial charge is 0.389 e. The van der Waals surface area contributed by atoms with Crippen molar-refractivity contribution in [2.24, 2.45) is 20.6 Å². The Labute approximate surface area is 462 Å². The van der Waals surface area contributed by atoms with Crippen LogP contribution in [0.2, 0.25) is 0 Å². The molecule has 8 heterocycles. The molecule has 77 heavy (non-hydrogen) atoms. The van der Waals surface area contributed by atoms with Gasteiger partial charge in [0.05, 0.1) is 34.3 Å². The van der Waals surface area contributed by atoms with Crippen molar-refractivity contribution in [1.82, 2.24) is 20.6 Å². The number of aryl methyl sites for hydroxylation is 4. The molecule has 25 heteroatoms. The Bertz CT molecular complexity index is 2940. The van der Waals surface area contributed by atoms with Crippen LogP contribution in [0.15, 0.2) is 38.7 Å². The summed E-state index contributed by atoms with van der Waals surface area (Å²) in [7, 11) is -6.96. The molecule has 0 spiro atoms. The predicted octanol–water partition coefficient (Wildman–Crippen LogP) is 11.4. The highest BCUT2D eigenvalue weighted by Crippen LogP contribution is 2.46. The van der Waals surface area contributed by atoms with E-state index >= 15 is 0 Å². The summed E-state index contributed by atoms with van der Waals surface area (Å²) in [5.74, 6) is 6.85. The molecule has 8 aliphatic rings. The molecule has 0 aromatic carbocycles. The molecule has 12 rings (SSSR count). The van der Waals surface area contributed by atoms with Gasteiger partial charge in [0.2, 0.25) is 0 Å². The summed E-state index contributed by atoms with van der Waals surface area (Å²) in [6.45, 7) is 23.0. The van der Waals surface area contributed by atoms with Crippen LogP contribution in [-0.4, -0.2) is 88.5 Å². The number of hydrogen-bond acceptors (Lipinski definition) is 22. The first-order valence-electron chi connectivity index (χ1n) is 26.2. The van der Waals surface area contributed by atoms with Crippen molar-refractivity contribution >= 4 is 71.8 Å². The van der Waals surface area contributed by atoms with Crippen molar-refractivity contribution in [3.05, 3.63) is 68.1 Å². The lowest BCUT2D eigenvalue weighted by molar-refractivity contribution is 0.0120. The Morgan fingerprint density at radius 2 is 0.792 bits per heavy atom. The molecule has 4 aliphatic carbocycles. The number of sulfone groups is 2. The number of oxime groups is 4. The van der Waals surface area contributed by atoms with E-state index in [1.54, 1.807) is 37.4 Å². The molecular formula is C52H72BN8O12S4. The fraction of sp³-hybridized carbons (Fsp3) is 0.692. The van der Waals surface area contributed by atoms with Crippen molar-refractivity contribution in [1.29, 1.82) is 0 Å². The van der Waals surface area contributed by atoms with E-state index in [0.29, 0.717) is 59.1 Å². The third kappa shape index (κ3) is 15.0. The van der Waals surface area contributed by atoms with E-state index in [0.717, 1.165) is 88.8 Å². The van der Waals surface area contributed by atoms with Gasteiger partial charge in [-0.25, -0.2) is 16.8 Å². The molecule has 419 valence electrons. The number of hydrogen-bond donors (Lipinski definition) is 0. The number of thioether (sulfide) groups is 2. The average Bonchev–Trinajstić information content (AvgIpc) is 4.31. The van der Waals surface area contributed by atoms with Crippen molar-refractivity contribution in [2.75, 3.05) is 0 Å². The maximum atomic E-state index is 12.5. The highest BCUT2D eigenvalue weighted by molar-refractivity contribution is 8.13. The normalized spacial score (nSPS) is 21.5. The van der Waals surface area contributed by atoms with Gasteiger partial charge in [0.1, 0.15) is 55.5 Å². The summed E-state index contributed by atoms with van der Waals surface area (Å²) < 4.78 is 71.0. The lowest BCUT2D eigenvalue weighted by Crippen LogP contribution is -2.23. The molecule has 20 nitrogen and oxygen atoms in total. The quantitative estimate of drug-likeness (QED) is 0.119. The average molecular weight is 1140 g/mol. The summed E-state index contributed by atoms with van der Waals surface area (Å²) >= 11 is 3.49. The van der Waals surface area contributed by atoms with Crippen LogP contribution in [0.5, 0.6) is 0 Å². The Morgan fingerprint density at radius 3 is 1.18 bits per heavy atom. The Morgan fingerprint density at radius 1 is 0.442 bits per heavy atom. The zero-order valence-electron chi connectivity index (χ0n) is 46.3. The summed E-state index contributed by atoms with van der Waals surface area (Å²) in [6.07, 6.45) is 11.6. The van der Waals surface area contributed by atoms with Gasteiger partial charge in [0.15, 0.2) is 29.8 Å². The van der Waals surface area contributed by atoms with Crippen molar-refractivity contribution in [3.63, 3.8) is 0 Å². The molecule has 0 bridgehead atoms. The zero-order valence-corrected chi connectivity index (χ0v) is 49.6. The molecule has 4 aromatic heterocycles. The lowest BCUT2D eigenvalue weighted by Gasteiger charge is -2.13. The fourth-order valence-electron chi connectivity index (χ4n) is 8.78. The second-order valence-electron chi connectivity index (χ2n) is 23.7. The van der Waals surface area contributed by atoms with Gasteiger partial charge in [-0.2, -0.15) is 0 Å². The van der Waals surface area contributed by atoms with E-state index in [2.05, 4.69) is 68.9 Å². The summed E-state index contributed by atoms with van der Waals surface area (Å²) in [5.41, 5.74) is 6.14. The van der Waals surface area contributed by atoms with E-state index in [9.17, 15) is 16.8 Å². The van der Waals surface area contributed by atoms with E-state index in [-0.39, 0.29) is 41.2 Å². The van der Waals surface area contributed by atoms with Gasteiger partial charge >= 0.3 is 0 Å². The first-order valence-corrected chi connectivity index (χ1v) is 31.5. The minimum atomic E-state index is -3.48. The van der Waals surface area contributed by atoms with E-state index in [1.165, 1.54) is 42.5 Å². The molecule has 4 saturated carbocycles. The van der Waals surface area contributed by atoms with Crippen LogP contribution in [0.25, 0.3) is 0 Å². The summed E-state index contributed by atoms with van der Waals surface area (Å²) in [6, 6.07) is 0. The molecule has 0 atom stereocenters. The highest BCUT2D eigenvalue weighted by Gasteiger charge is 2.41. The second-order valence-corrected chi connectivity index (χ2v) is 29.7. The van der Waals surface area contributed by atoms with Crippen molar-refractivity contribution in [3.8, 4) is 0 Å². The van der Waals surface area contributed by atoms with Crippen LogP contribution in [0.3, 0.4) is 0 Å². The highest BCUT2D eigenvalue weighted by atomic mass is 32.2. The zero-order chi connectivity index (χ0) is 54.6. The van der Waals surface area contributed by atoms with Crippen LogP contribution < -0.4 is 0 Å². The molecule has 4 aromatic rings. The third-order valence-corrected chi connectivity index (χ3v) is 19.1. The summed E-state index contributed by atoms with van der Waals surface area (Å²) in [4.78, 5) is 21.0. The minimum absolute atomic E-state index is 0. The maximum Gasteiger partial charge on any atom is 0.199 e. The van der Waals surface area contributed by atoms with Gasteiger partial charge in [-0.15, -0.1) is 23.5 Å². The third-order valence-electron chi connectivity index (χ3n) is 13.9. The molecule has 0 saturated heterocycles. The van der Waals surface area contributed by atoms with Crippen LogP contribution in [0.4, 0.5) is 0 Å². The molecule has 4 aliphatic heterocycles. The molecule has 4 fully saturated rings. The maximum absolute atomic E-state index is 12.5. The first-order chi connectivity index (χ1) is 35.7. The monoisotopic (exact) mass is 1140 g/mol. The summed E-state index contributed by atoms with van der Waals surface area (Å²) in [5, 5.41) is 34.3. The second kappa shape index (κ2) is 22.5. The van der Waals surface area contributed by atoms with Gasteiger partial charge in [-0.3, -0.25) is 0 Å². The first kappa shape index (κ1) is 58.5. The smallest absolute Gasteiger partial charge is 0.199 e. The minimum Gasteiger partial charge on any atom is -0.389 e. The Balaban J connectivity index is 0.000000135. The van der Waals surface area contributed by atoms with Gasteiger partial charge in [0.25, 0.3) is 0 Å². The molecule has 3 radical (unpaired) electrons. The number of nitrogens with zero attached hydrogens (tertiary/aromatic N) is 8. The van der Waals surface area contributed by atoms with Gasteiger partial charge in [-0.05, 0) is 134 Å². The number of rotatable bonds is 12. The van der Waals surface area contributed by atoms with Crippen LogP contribution in [0.1, 0.15) is 224 Å². The van der Waals surface area contributed by atoms with Crippen LogP contribution in [-0.2, 0) is 62.0 Å². The fourth-order valence-corrected chi connectivity index (χ4v) is 14.4. The molecule has 0 amide bonds. The SMILES string of the molecule is Cc1noc(C2CC2)c1CS(=O)(=O)C1=NOC(C)(C)C1.Cc1noc(C2CC2)c1CSC1=NOC(C)(C)C1.Cc1onc(C2CC2)c1CS(=O)(=O)C1=NOC(C)(C)C1.Cc1onc(C2CC2)c1CSC1=NOC(C)(C)C1.[B]. The van der Waals surface area contributed by atoms with Crippen molar-refractivity contribution < 1.29 is 54.3 Å². The van der Waals surface area contributed by atoms with Crippen LogP contribution >= 0.6 is 23.5 Å². The molecule has 0 unspecified atom stereocenters. The van der Waals surface area contributed by atoms with Crippen molar-refractivity contribution in [2.45, 2.75) is 229 Å². The van der Waals surface area contributed by atoms with Gasteiger partial charge in [0, 0.05) is 91.5 Å². The van der Waals surface area contributed by atoms with E-state index in [4.69, 9.17) is 37.4 Å². The van der Waals surface area contributed by atoms with Gasteiger partial charge in [-0.1, -0.05) is 41.2 Å². The number of aromatic nitrogens is 4. The Kier molecular flexibility index (Phi) is 17.1. The van der Waals surface area contributed by atoms with Crippen LogP contribution in [0, 0.1) is 27.7 Å². The van der Waals surface area contributed by atoms with Gasteiger partial charge < -0.3 is 37.4 Å². The topological polar surface area (TPSA) is 259 Å². The predicted molar refractivity (Wildman–Crippen MR) is 295 cm³/mol. The molecular weight excluding hydrogens is 1070 g/mol.